The van der Waals surface area contributed by atoms with Gasteiger partial charge in [0.25, 0.3) is 5.91 Å². The number of benzene rings is 2. The first-order valence-electron chi connectivity index (χ1n) is 8.09. The summed E-state index contributed by atoms with van der Waals surface area (Å²) in [5.74, 6) is 0.147. The summed E-state index contributed by atoms with van der Waals surface area (Å²) in [5.41, 5.74) is 0.645. The van der Waals surface area contributed by atoms with Gasteiger partial charge in [0, 0.05) is 0 Å². The fraction of sp³-hybridized carbons (Fsp3) is 0.263. The molecule has 0 spiro atoms. The van der Waals surface area contributed by atoms with Crippen molar-refractivity contribution in [3.8, 4) is 11.5 Å². The SMILES string of the molecule is CCOC(=O)C(NC(=O)C1COc2ccccc2O1)c1ccccc1. The van der Waals surface area contributed by atoms with E-state index in [0.717, 1.165) is 0 Å². The van der Waals surface area contributed by atoms with Gasteiger partial charge in [-0.2, -0.15) is 0 Å². The topological polar surface area (TPSA) is 73.9 Å². The Bertz CT molecular complexity index is 746. The molecule has 0 saturated heterocycles. The van der Waals surface area contributed by atoms with Crippen LogP contribution in [0.4, 0.5) is 0 Å². The standard InChI is InChI=1S/C19H19NO5/c1-2-23-19(22)17(13-8-4-3-5-9-13)20-18(21)16-12-24-14-10-6-7-11-15(14)25-16/h3-11,16-17H,2,12H2,1H3,(H,20,21). The molecule has 0 aliphatic carbocycles. The molecule has 2 aromatic rings. The van der Waals surface area contributed by atoms with Crippen LogP contribution in [0, 0.1) is 0 Å². The van der Waals surface area contributed by atoms with Crippen LogP contribution in [0.5, 0.6) is 11.5 Å². The third kappa shape index (κ3) is 3.91. The number of nitrogens with one attached hydrogen (secondary N) is 1. The number of rotatable bonds is 5. The van der Waals surface area contributed by atoms with Crippen LogP contribution in [-0.4, -0.2) is 31.2 Å². The molecule has 2 atom stereocenters. The number of para-hydroxylation sites is 2. The van der Waals surface area contributed by atoms with Crippen LogP contribution in [0.15, 0.2) is 54.6 Å². The summed E-state index contributed by atoms with van der Waals surface area (Å²) in [6.07, 6.45) is -0.837. The van der Waals surface area contributed by atoms with E-state index in [1.54, 1.807) is 49.4 Å². The number of hydrogen-bond acceptors (Lipinski definition) is 5. The molecular weight excluding hydrogens is 322 g/mol. The summed E-state index contributed by atoms with van der Waals surface area (Å²) in [4.78, 5) is 24.8. The molecule has 1 amide bonds. The van der Waals surface area contributed by atoms with E-state index < -0.39 is 24.0 Å². The van der Waals surface area contributed by atoms with E-state index in [0.29, 0.717) is 17.1 Å². The molecule has 1 heterocycles. The molecule has 1 aliphatic rings. The van der Waals surface area contributed by atoms with Gasteiger partial charge in [-0.15, -0.1) is 0 Å². The van der Waals surface area contributed by atoms with Gasteiger partial charge in [-0.25, -0.2) is 4.79 Å². The number of carbonyl (C=O) groups is 2. The van der Waals surface area contributed by atoms with Crippen molar-refractivity contribution in [1.29, 1.82) is 0 Å². The molecule has 0 saturated carbocycles. The van der Waals surface area contributed by atoms with Crippen LogP contribution >= 0.6 is 0 Å². The largest absolute Gasteiger partial charge is 0.485 e. The summed E-state index contributed by atoms with van der Waals surface area (Å²) in [6, 6.07) is 15.2. The molecule has 0 bridgehead atoms. The molecule has 3 rings (SSSR count). The van der Waals surface area contributed by atoms with E-state index in [9.17, 15) is 9.59 Å². The van der Waals surface area contributed by atoms with Crippen molar-refractivity contribution in [3.05, 3.63) is 60.2 Å². The highest BCUT2D eigenvalue weighted by Crippen LogP contribution is 2.31. The second-order valence-electron chi connectivity index (χ2n) is 5.47. The lowest BCUT2D eigenvalue weighted by Crippen LogP contribution is -2.47. The van der Waals surface area contributed by atoms with Gasteiger partial charge in [0.05, 0.1) is 6.61 Å². The highest BCUT2D eigenvalue weighted by Gasteiger charge is 2.31. The van der Waals surface area contributed by atoms with Crippen molar-refractivity contribution in [2.75, 3.05) is 13.2 Å². The second-order valence-corrected chi connectivity index (χ2v) is 5.47. The lowest BCUT2D eigenvalue weighted by atomic mass is 10.1. The monoisotopic (exact) mass is 341 g/mol. The lowest BCUT2D eigenvalue weighted by Gasteiger charge is -2.27. The molecule has 2 unspecified atom stereocenters. The number of carbonyl (C=O) groups excluding carboxylic acids is 2. The quantitative estimate of drug-likeness (QED) is 0.845. The molecule has 2 aromatic carbocycles. The van der Waals surface area contributed by atoms with Crippen molar-refractivity contribution in [2.45, 2.75) is 19.1 Å². The number of amides is 1. The van der Waals surface area contributed by atoms with Gasteiger partial charge in [0.15, 0.2) is 17.5 Å². The van der Waals surface area contributed by atoms with Crippen molar-refractivity contribution in [1.82, 2.24) is 5.32 Å². The molecule has 6 heteroatoms. The molecule has 25 heavy (non-hydrogen) atoms. The summed E-state index contributed by atoms with van der Waals surface area (Å²) in [5, 5.41) is 2.70. The van der Waals surface area contributed by atoms with E-state index in [1.165, 1.54) is 0 Å². The summed E-state index contributed by atoms with van der Waals surface area (Å²) < 4.78 is 16.3. The van der Waals surface area contributed by atoms with Gasteiger partial charge in [0.2, 0.25) is 6.10 Å². The van der Waals surface area contributed by atoms with Gasteiger partial charge in [0.1, 0.15) is 6.61 Å². The minimum Gasteiger partial charge on any atom is -0.485 e. The van der Waals surface area contributed by atoms with Crippen molar-refractivity contribution in [3.63, 3.8) is 0 Å². The summed E-state index contributed by atoms with van der Waals surface area (Å²) >= 11 is 0. The first kappa shape index (κ1) is 16.8. The molecular formula is C19H19NO5. The zero-order valence-electron chi connectivity index (χ0n) is 13.8. The maximum atomic E-state index is 12.6. The van der Waals surface area contributed by atoms with Gasteiger partial charge >= 0.3 is 5.97 Å². The molecule has 6 nitrogen and oxygen atoms in total. The average Bonchev–Trinajstić information content (AvgIpc) is 2.66. The fourth-order valence-electron chi connectivity index (χ4n) is 2.53. The van der Waals surface area contributed by atoms with Crippen LogP contribution in [0.1, 0.15) is 18.5 Å². The third-order valence-electron chi connectivity index (χ3n) is 3.74. The predicted octanol–water partition coefficient (Wildman–Crippen LogP) is 2.25. The van der Waals surface area contributed by atoms with Crippen LogP contribution in [0.25, 0.3) is 0 Å². The lowest BCUT2D eigenvalue weighted by molar-refractivity contribution is -0.148. The van der Waals surface area contributed by atoms with Crippen molar-refractivity contribution < 1.29 is 23.8 Å². The van der Waals surface area contributed by atoms with Gasteiger partial charge in [-0.05, 0) is 24.6 Å². The van der Waals surface area contributed by atoms with Gasteiger partial charge < -0.3 is 19.5 Å². The maximum Gasteiger partial charge on any atom is 0.333 e. The van der Waals surface area contributed by atoms with Gasteiger partial charge in [-0.3, -0.25) is 4.79 Å². The molecule has 130 valence electrons. The maximum absolute atomic E-state index is 12.6. The Morgan fingerprint density at radius 3 is 2.52 bits per heavy atom. The van der Waals surface area contributed by atoms with Gasteiger partial charge in [-0.1, -0.05) is 42.5 Å². The molecule has 0 radical (unpaired) electrons. The second kappa shape index (κ2) is 7.70. The minimum absolute atomic E-state index is 0.0766. The summed E-state index contributed by atoms with van der Waals surface area (Å²) in [6.45, 7) is 2.03. The fourth-order valence-corrected chi connectivity index (χ4v) is 2.53. The van der Waals surface area contributed by atoms with Crippen LogP contribution in [0.3, 0.4) is 0 Å². The van der Waals surface area contributed by atoms with Crippen LogP contribution < -0.4 is 14.8 Å². The zero-order chi connectivity index (χ0) is 17.6. The Labute approximate surface area is 145 Å². The van der Waals surface area contributed by atoms with Crippen molar-refractivity contribution in [2.24, 2.45) is 0 Å². The molecule has 1 aliphatic heterocycles. The number of esters is 1. The van der Waals surface area contributed by atoms with Crippen molar-refractivity contribution >= 4 is 11.9 Å². The highest BCUT2D eigenvalue weighted by atomic mass is 16.6. The molecule has 1 N–H and O–H groups in total. The van der Waals surface area contributed by atoms with E-state index in [-0.39, 0.29) is 13.2 Å². The molecule has 0 fully saturated rings. The number of ether oxygens (including phenoxy) is 3. The first-order chi connectivity index (χ1) is 12.2. The van der Waals surface area contributed by atoms with Crippen LogP contribution in [-0.2, 0) is 14.3 Å². The Hall–Kier alpha value is -3.02. The third-order valence-corrected chi connectivity index (χ3v) is 3.74. The highest BCUT2D eigenvalue weighted by molar-refractivity contribution is 5.88. The van der Waals surface area contributed by atoms with E-state index in [1.807, 2.05) is 12.1 Å². The Morgan fingerprint density at radius 1 is 1.12 bits per heavy atom. The smallest absolute Gasteiger partial charge is 0.333 e. The first-order valence-corrected chi connectivity index (χ1v) is 8.09. The van der Waals surface area contributed by atoms with E-state index in [4.69, 9.17) is 14.2 Å². The summed E-state index contributed by atoms with van der Waals surface area (Å²) in [7, 11) is 0. The average molecular weight is 341 g/mol. The zero-order valence-corrected chi connectivity index (χ0v) is 13.8. The Kier molecular flexibility index (Phi) is 5.18. The Balaban J connectivity index is 1.73. The van der Waals surface area contributed by atoms with E-state index in [2.05, 4.69) is 5.32 Å². The van der Waals surface area contributed by atoms with E-state index >= 15 is 0 Å². The number of hydrogen-bond donors (Lipinski definition) is 1. The molecule has 0 aromatic heterocycles. The number of fused-ring (bicyclic) bond motifs is 1. The van der Waals surface area contributed by atoms with Crippen LogP contribution in [0.2, 0.25) is 0 Å². The Morgan fingerprint density at radius 2 is 1.80 bits per heavy atom. The normalized spacial score (nSPS) is 16.6. The minimum atomic E-state index is -0.894. The predicted molar refractivity (Wildman–Crippen MR) is 90.3 cm³/mol.